The van der Waals surface area contributed by atoms with E-state index in [1.165, 1.54) is 26.2 Å². The Morgan fingerprint density at radius 1 is 1.27 bits per heavy atom. The third kappa shape index (κ3) is 1.32. The van der Waals surface area contributed by atoms with Crippen LogP contribution in [-0.4, -0.2) is 23.3 Å². The summed E-state index contributed by atoms with van der Waals surface area (Å²) >= 11 is 0. The number of carbonyl (C=O) groups excluding carboxylic acids is 1. The number of rotatable bonds is 1. The van der Waals surface area contributed by atoms with Crippen LogP contribution in [0.1, 0.15) is 32.6 Å². The van der Waals surface area contributed by atoms with E-state index in [0.717, 1.165) is 12.3 Å². The molecule has 1 N–H and O–H groups in total. The zero-order valence-electron chi connectivity index (χ0n) is 9.06. The van der Waals surface area contributed by atoms with E-state index in [-0.39, 0.29) is 12.1 Å². The highest BCUT2D eigenvalue weighted by atomic mass is 16.6. The molecular formula is C12H18O3. The molecular weight excluding hydrogens is 192 g/mol. The molecule has 0 amide bonds. The van der Waals surface area contributed by atoms with Crippen LogP contribution in [0.25, 0.3) is 0 Å². The summed E-state index contributed by atoms with van der Waals surface area (Å²) in [7, 11) is 0. The van der Waals surface area contributed by atoms with Crippen molar-refractivity contribution in [1.82, 2.24) is 0 Å². The third-order valence-electron chi connectivity index (χ3n) is 4.76. The van der Waals surface area contributed by atoms with Crippen molar-refractivity contribution in [3.63, 3.8) is 0 Å². The van der Waals surface area contributed by atoms with E-state index >= 15 is 0 Å². The summed E-state index contributed by atoms with van der Waals surface area (Å²) in [6.45, 7) is 1.43. The molecule has 0 heterocycles. The second kappa shape index (κ2) is 3.21. The van der Waals surface area contributed by atoms with Gasteiger partial charge in [0.2, 0.25) is 0 Å². The van der Waals surface area contributed by atoms with Gasteiger partial charge in [-0.05, 0) is 49.4 Å². The van der Waals surface area contributed by atoms with Crippen LogP contribution in [0.4, 0.5) is 0 Å². The van der Waals surface area contributed by atoms with Crippen molar-refractivity contribution in [2.75, 3.05) is 0 Å². The average molecular weight is 210 g/mol. The lowest BCUT2D eigenvalue weighted by Crippen LogP contribution is -2.32. The zero-order chi connectivity index (χ0) is 10.6. The lowest BCUT2D eigenvalue weighted by Gasteiger charge is -2.26. The zero-order valence-corrected chi connectivity index (χ0v) is 9.06. The summed E-state index contributed by atoms with van der Waals surface area (Å²) in [6, 6.07) is 0. The molecule has 3 aliphatic rings. The summed E-state index contributed by atoms with van der Waals surface area (Å²) in [5.41, 5.74) is 0. The molecule has 6 atom stereocenters. The largest absolute Gasteiger partial charge is 0.460 e. The molecule has 3 rings (SSSR count). The van der Waals surface area contributed by atoms with E-state index in [1.807, 2.05) is 0 Å². The van der Waals surface area contributed by atoms with Gasteiger partial charge < -0.3 is 9.84 Å². The van der Waals surface area contributed by atoms with E-state index in [9.17, 15) is 9.90 Å². The molecule has 3 nitrogen and oxygen atoms in total. The highest BCUT2D eigenvalue weighted by Gasteiger charge is 2.57. The number of esters is 1. The summed E-state index contributed by atoms with van der Waals surface area (Å²) in [6.07, 6.45) is 4.18. The first kappa shape index (κ1) is 9.64. The molecule has 0 saturated heterocycles. The van der Waals surface area contributed by atoms with Gasteiger partial charge in [-0.3, -0.25) is 4.79 Å². The molecule has 3 saturated carbocycles. The normalized spacial score (nSPS) is 51.9. The molecule has 3 aliphatic carbocycles. The van der Waals surface area contributed by atoms with E-state index in [1.54, 1.807) is 0 Å². The van der Waals surface area contributed by atoms with Crippen LogP contribution < -0.4 is 0 Å². The van der Waals surface area contributed by atoms with Gasteiger partial charge in [-0.25, -0.2) is 0 Å². The summed E-state index contributed by atoms with van der Waals surface area (Å²) in [5, 5.41) is 10.2. The van der Waals surface area contributed by atoms with Crippen molar-refractivity contribution in [2.45, 2.75) is 44.8 Å². The van der Waals surface area contributed by atoms with Gasteiger partial charge in [0.1, 0.15) is 6.10 Å². The molecule has 0 aromatic heterocycles. The Bertz CT molecular complexity index is 289. The Balaban J connectivity index is 1.75. The maximum atomic E-state index is 10.9. The van der Waals surface area contributed by atoms with Crippen molar-refractivity contribution in [1.29, 1.82) is 0 Å². The minimum absolute atomic E-state index is 0.221. The molecule has 6 unspecified atom stereocenters. The van der Waals surface area contributed by atoms with Gasteiger partial charge in [0.15, 0.2) is 0 Å². The topological polar surface area (TPSA) is 46.5 Å². The Hall–Kier alpha value is -0.570. The molecule has 0 aromatic carbocycles. The minimum Gasteiger partial charge on any atom is -0.460 e. The number of aliphatic hydroxyl groups excluding tert-OH is 1. The first-order chi connectivity index (χ1) is 7.16. The van der Waals surface area contributed by atoms with Crippen LogP contribution in [0.3, 0.4) is 0 Å². The monoisotopic (exact) mass is 210 g/mol. The molecule has 15 heavy (non-hydrogen) atoms. The van der Waals surface area contributed by atoms with Crippen molar-refractivity contribution in [3.8, 4) is 0 Å². The molecule has 84 valence electrons. The predicted octanol–water partition coefficient (Wildman–Crippen LogP) is 1.34. The van der Waals surface area contributed by atoms with E-state index in [4.69, 9.17) is 4.74 Å². The number of carbonyl (C=O) groups is 1. The first-order valence-corrected chi connectivity index (χ1v) is 6.02. The standard InChI is InChI=1S/C12H18O3/c1-6(13)15-10-5-9-7-2-3-8(4-7)11(9)12(10)14/h7-12,14H,2-5H2,1H3. The fourth-order valence-corrected chi connectivity index (χ4v) is 4.32. The van der Waals surface area contributed by atoms with Crippen molar-refractivity contribution in [2.24, 2.45) is 23.7 Å². The second-order valence-electron chi connectivity index (χ2n) is 5.45. The number of aliphatic hydroxyl groups is 1. The molecule has 0 radical (unpaired) electrons. The highest BCUT2D eigenvalue weighted by molar-refractivity contribution is 5.66. The van der Waals surface area contributed by atoms with Crippen LogP contribution in [0.5, 0.6) is 0 Å². The van der Waals surface area contributed by atoms with Gasteiger partial charge in [0.05, 0.1) is 6.10 Å². The summed E-state index contributed by atoms with van der Waals surface area (Å²) in [5.74, 6) is 2.30. The third-order valence-corrected chi connectivity index (χ3v) is 4.76. The number of hydrogen-bond acceptors (Lipinski definition) is 3. The molecule has 0 spiro atoms. The van der Waals surface area contributed by atoms with Gasteiger partial charge in [-0.15, -0.1) is 0 Å². The average Bonchev–Trinajstić information content (AvgIpc) is 2.79. The first-order valence-electron chi connectivity index (χ1n) is 6.02. The van der Waals surface area contributed by atoms with Gasteiger partial charge in [-0.2, -0.15) is 0 Å². The van der Waals surface area contributed by atoms with Crippen LogP contribution in [0, 0.1) is 23.7 Å². The maximum absolute atomic E-state index is 10.9. The van der Waals surface area contributed by atoms with E-state index in [0.29, 0.717) is 17.8 Å². The predicted molar refractivity (Wildman–Crippen MR) is 54.0 cm³/mol. The number of hydrogen-bond donors (Lipinski definition) is 1. The summed E-state index contributed by atoms with van der Waals surface area (Å²) < 4.78 is 5.20. The number of ether oxygens (including phenoxy) is 1. The van der Waals surface area contributed by atoms with Gasteiger partial charge in [0.25, 0.3) is 0 Å². The van der Waals surface area contributed by atoms with Crippen LogP contribution in [-0.2, 0) is 9.53 Å². The molecule has 3 fully saturated rings. The molecule has 0 aromatic rings. The summed E-state index contributed by atoms with van der Waals surface area (Å²) in [4.78, 5) is 10.9. The quantitative estimate of drug-likeness (QED) is 0.664. The smallest absolute Gasteiger partial charge is 0.302 e. The van der Waals surface area contributed by atoms with Crippen LogP contribution in [0.15, 0.2) is 0 Å². The Morgan fingerprint density at radius 3 is 2.67 bits per heavy atom. The van der Waals surface area contributed by atoms with Gasteiger partial charge in [0, 0.05) is 6.92 Å². The SMILES string of the molecule is CC(=O)OC1CC2C3CCC(C3)C2C1O. The van der Waals surface area contributed by atoms with Gasteiger partial charge in [-0.1, -0.05) is 0 Å². The van der Waals surface area contributed by atoms with E-state index in [2.05, 4.69) is 0 Å². The second-order valence-corrected chi connectivity index (χ2v) is 5.45. The minimum atomic E-state index is -0.394. The Labute approximate surface area is 89.8 Å². The fourth-order valence-electron chi connectivity index (χ4n) is 4.32. The number of fused-ring (bicyclic) bond motifs is 5. The van der Waals surface area contributed by atoms with Crippen molar-refractivity contribution < 1.29 is 14.6 Å². The fraction of sp³-hybridized carbons (Fsp3) is 0.917. The molecule has 2 bridgehead atoms. The van der Waals surface area contributed by atoms with Crippen LogP contribution >= 0.6 is 0 Å². The van der Waals surface area contributed by atoms with Crippen LogP contribution in [0.2, 0.25) is 0 Å². The maximum Gasteiger partial charge on any atom is 0.302 e. The lowest BCUT2D eigenvalue weighted by molar-refractivity contribution is -0.151. The molecule has 3 heteroatoms. The Morgan fingerprint density at radius 2 is 2.00 bits per heavy atom. The van der Waals surface area contributed by atoms with Gasteiger partial charge >= 0.3 is 5.97 Å². The van der Waals surface area contributed by atoms with Crippen molar-refractivity contribution in [3.05, 3.63) is 0 Å². The Kier molecular flexibility index (Phi) is 2.06. The molecule has 0 aliphatic heterocycles. The van der Waals surface area contributed by atoms with E-state index < -0.39 is 6.10 Å². The lowest BCUT2D eigenvalue weighted by atomic mass is 9.81. The highest BCUT2D eigenvalue weighted by Crippen LogP contribution is 2.59. The van der Waals surface area contributed by atoms with Crippen molar-refractivity contribution >= 4 is 5.97 Å².